The van der Waals surface area contributed by atoms with Crippen LogP contribution in [-0.2, 0) is 6.54 Å². The van der Waals surface area contributed by atoms with Gasteiger partial charge >= 0.3 is 0 Å². The van der Waals surface area contributed by atoms with Crippen molar-refractivity contribution in [2.75, 3.05) is 0 Å². The number of benzene rings is 2. The first kappa shape index (κ1) is 14.4. The van der Waals surface area contributed by atoms with Gasteiger partial charge in [-0.1, -0.05) is 43.3 Å². The number of allylic oxidation sites excluding steroid dienone is 1. The summed E-state index contributed by atoms with van der Waals surface area (Å²) >= 11 is 0. The summed E-state index contributed by atoms with van der Waals surface area (Å²) in [4.78, 5) is 4.79. The number of imidazole rings is 1. The number of rotatable bonds is 6. The molecule has 0 amide bonds. The first-order valence-electron chi connectivity index (χ1n) is 7.61. The predicted molar refractivity (Wildman–Crippen MR) is 90.0 cm³/mol. The molecule has 0 radical (unpaired) electrons. The van der Waals surface area contributed by atoms with Crippen LogP contribution in [0.15, 0.2) is 67.3 Å². The molecule has 2 aromatic carbocycles. The molecule has 0 bridgehead atoms. The lowest BCUT2D eigenvalue weighted by molar-refractivity contribution is 0.187. The van der Waals surface area contributed by atoms with Gasteiger partial charge in [-0.25, -0.2) is 4.98 Å². The number of para-hydroxylation sites is 3. The highest BCUT2D eigenvalue weighted by molar-refractivity contribution is 5.76. The Morgan fingerprint density at radius 2 is 1.86 bits per heavy atom. The first-order chi connectivity index (χ1) is 10.8. The average molecular weight is 292 g/mol. The number of fused-ring (bicyclic) bond motifs is 1. The summed E-state index contributed by atoms with van der Waals surface area (Å²) in [6, 6.07) is 18.1. The zero-order chi connectivity index (χ0) is 15.4. The molecule has 22 heavy (non-hydrogen) atoms. The van der Waals surface area contributed by atoms with Crippen molar-refractivity contribution >= 4 is 11.0 Å². The van der Waals surface area contributed by atoms with E-state index in [1.165, 1.54) is 0 Å². The van der Waals surface area contributed by atoms with Crippen LogP contribution in [0.3, 0.4) is 0 Å². The van der Waals surface area contributed by atoms with E-state index in [4.69, 9.17) is 9.72 Å². The van der Waals surface area contributed by atoms with Crippen molar-refractivity contribution in [3.8, 4) is 5.75 Å². The molecule has 3 heteroatoms. The SMILES string of the molecule is C=CCn1c(C(CC)Oc2ccccc2)nc2ccccc21. The van der Waals surface area contributed by atoms with Gasteiger partial charge in [-0.2, -0.15) is 0 Å². The maximum absolute atomic E-state index is 6.15. The van der Waals surface area contributed by atoms with Gasteiger partial charge in [-0.05, 0) is 30.7 Å². The van der Waals surface area contributed by atoms with E-state index in [1.807, 2.05) is 54.6 Å². The predicted octanol–water partition coefficient (Wildman–Crippen LogP) is 4.75. The molecular formula is C19H20N2O. The monoisotopic (exact) mass is 292 g/mol. The Morgan fingerprint density at radius 1 is 1.14 bits per heavy atom. The minimum absolute atomic E-state index is 0.0743. The molecule has 0 aliphatic rings. The Bertz CT molecular complexity index is 761. The van der Waals surface area contributed by atoms with Gasteiger partial charge in [0.25, 0.3) is 0 Å². The van der Waals surface area contributed by atoms with Crippen molar-refractivity contribution in [3.63, 3.8) is 0 Å². The van der Waals surface area contributed by atoms with Crippen molar-refractivity contribution in [1.29, 1.82) is 0 Å². The average Bonchev–Trinajstić information content (AvgIpc) is 2.93. The molecule has 3 nitrogen and oxygen atoms in total. The fourth-order valence-corrected chi connectivity index (χ4v) is 2.64. The number of hydrogen-bond donors (Lipinski definition) is 0. The lowest BCUT2D eigenvalue weighted by Crippen LogP contribution is -2.13. The third-order valence-electron chi connectivity index (χ3n) is 3.68. The van der Waals surface area contributed by atoms with E-state index in [0.717, 1.165) is 35.6 Å². The second-order valence-corrected chi connectivity index (χ2v) is 5.19. The number of aromatic nitrogens is 2. The van der Waals surface area contributed by atoms with Crippen molar-refractivity contribution in [2.24, 2.45) is 0 Å². The topological polar surface area (TPSA) is 27.1 Å². The number of ether oxygens (including phenoxy) is 1. The molecule has 1 heterocycles. The van der Waals surface area contributed by atoms with Gasteiger partial charge in [0.2, 0.25) is 0 Å². The van der Waals surface area contributed by atoms with Crippen molar-refractivity contribution in [2.45, 2.75) is 26.0 Å². The molecule has 1 aromatic heterocycles. The number of nitrogens with zero attached hydrogens (tertiary/aromatic N) is 2. The molecule has 0 spiro atoms. The van der Waals surface area contributed by atoms with Crippen LogP contribution < -0.4 is 4.74 Å². The van der Waals surface area contributed by atoms with Crippen molar-refractivity contribution < 1.29 is 4.74 Å². The summed E-state index contributed by atoms with van der Waals surface area (Å²) in [5.74, 6) is 1.82. The van der Waals surface area contributed by atoms with Crippen LogP contribution in [0, 0.1) is 0 Å². The Kier molecular flexibility index (Phi) is 4.24. The van der Waals surface area contributed by atoms with Gasteiger partial charge in [0.15, 0.2) is 11.9 Å². The van der Waals surface area contributed by atoms with E-state index in [-0.39, 0.29) is 6.10 Å². The molecule has 1 atom stereocenters. The molecular weight excluding hydrogens is 272 g/mol. The second kappa shape index (κ2) is 6.48. The Hall–Kier alpha value is -2.55. The normalized spacial score (nSPS) is 12.2. The molecule has 0 fully saturated rings. The minimum atomic E-state index is -0.0743. The van der Waals surface area contributed by atoms with Crippen LogP contribution in [0.5, 0.6) is 5.75 Å². The molecule has 0 saturated carbocycles. The van der Waals surface area contributed by atoms with Crippen LogP contribution in [0.25, 0.3) is 11.0 Å². The zero-order valence-corrected chi connectivity index (χ0v) is 12.8. The lowest BCUT2D eigenvalue weighted by Gasteiger charge is -2.18. The Labute approximate surface area is 130 Å². The maximum atomic E-state index is 6.15. The third kappa shape index (κ3) is 2.75. The van der Waals surface area contributed by atoms with E-state index >= 15 is 0 Å². The molecule has 0 aliphatic carbocycles. The van der Waals surface area contributed by atoms with Gasteiger partial charge in [-0.3, -0.25) is 0 Å². The summed E-state index contributed by atoms with van der Waals surface area (Å²) in [6.07, 6.45) is 2.68. The standard InChI is InChI=1S/C19H20N2O/c1-3-14-21-17-13-9-8-12-16(17)20-19(21)18(4-2)22-15-10-6-5-7-11-15/h3,5-13,18H,1,4,14H2,2H3. The highest BCUT2D eigenvalue weighted by atomic mass is 16.5. The summed E-state index contributed by atoms with van der Waals surface area (Å²) in [5, 5.41) is 0. The van der Waals surface area contributed by atoms with Gasteiger partial charge in [0.1, 0.15) is 5.75 Å². The van der Waals surface area contributed by atoms with Crippen LogP contribution in [-0.4, -0.2) is 9.55 Å². The van der Waals surface area contributed by atoms with E-state index in [1.54, 1.807) is 0 Å². The fourth-order valence-electron chi connectivity index (χ4n) is 2.64. The summed E-state index contributed by atoms with van der Waals surface area (Å²) < 4.78 is 8.33. The second-order valence-electron chi connectivity index (χ2n) is 5.19. The zero-order valence-electron chi connectivity index (χ0n) is 12.8. The van der Waals surface area contributed by atoms with Gasteiger partial charge in [0, 0.05) is 6.54 Å². The maximum Gasteiger partial charge on any atom is 0.156 e. The van der Waals surface area contributed by atoms with Crippen molar-refractivity contribution in [3.05, 3.63) is 73.1 Å². The van der Waals surface area contributed by atoms with Gasteiger partial charge in [-0.15, -0.1) is 6.58 Å². The molecule has 112 valence electrons. The van der Waals surface area contributed by atoms with Gasteiger partial charge in [0.05, 0.1) is 11.0 Å². The van der Waals surface area contributed by atoms with Crippen LogP contribution >= 0.6 is 0 Å². The summed E-state index contributed by atoms with van der Waals surface area (Å²) in [7, 11) is 0. The molecule has 3 aromatic rings. The van der Waals surface area contributed by atoms with Crippen LogP contribution in [0.1, 0.15) is 25.3 Å². The largest absolute Gasteiger partial charge is 0.483 e. The Morgan fingerprint density at radius 3 is 2.59 bits per heavy atom. The quantitative estimate of drug-likeness (QED) is 0.613. The van der Waals surface area contributed by atoms with Gasteiger partial charge < -0.3 is 9.30 Å². The first-order valence-corrected chi connectivity index (χ1v) is 7.61. The smallest absolute Gasteiger partial charge is 0.156 e. The fraction of sp³-hybridized carbons (Fsp3) is 0.211. The molecule has 3 rings (SSSR count). The highest BCUT2D eigenvalue weighted by Gasteiger charge is 2.19. The number of hydrogen-bond acceptors (Lipinski definition) is 2. The lowest BCUT2D eigenvalue weighted by atomic mass is 10.2. The molecule has 0 N–H and O–H groups in total. The van der Waals surface area contributed by atoms with E-state index < -0.39 is 0 Å². The van der Waals surface area contributed by atoms with Crippen LogP contribution in [0.2, 0.25) is 0 Å². The molecule has 1 unspecified atom stereocenters. The highest BCUT2D eigenvalue weighted by Crippen LogP contribution is 2.27. The Balaban J connectivity index is 2.02. The van der Waals surface area contributed by atoms with Crippen molar-refractivity contribution in [1.82, 2.24) is 9.55 Å². The van der Waals surface area contributed by atoms with Crippen LogP contribution in [0.4, 0.5) is 0 Å². The summed E-state index contributed by atoms with van der Waals surface area (Å²) in [5.41, 5.74) is 2.11. The van der Waals surface area contributed by atoms with E-state index in [0.29, 0.717) is 0 Å². The third-order valence-corrected chi connectivity index (χ3v) is 3.68. The summed E-state index contributed by atoms with van der Waals surface area (Å²) in [6.45, 7) is 6.71. The van der Waals surface area contributed by atoms with E-state index in [2.05, 4.69) is 24.1 Å². The minimum Gasteiger partial charge on any atom is -0.483 e. The molecule has 0 aliphatic heterocycles. The molecule has 0 saturated heterocycles. The van der Waals surface area contributed by atoms with E-state index in [9.17, 15) is 0 Å².